The Bertz CT molecular complexity index is 403. The molecule has 1 aromatic rings. The fraction of sp³-hybridized carbons (Fsp3) is 0.538. The maximum atomic E-state index is 12.3. The van der Waals surface area contributed by atoms with Gasteiger partial charge in [0.15, 0.2) is 0 Å². The van der Waals surface area contributed by atoms with Crippen LogP contribution in [0.3, 0.4) is 0 Å². The molecule has 0 spiro atoms. The van der Waals surface area contributed by atoms with Crippen molar-refractivity contribution in [2.24, 2.45) is 0 Å². The van der Waals surface area contributed by atoms with Crippen molar-refractivity contribution in [3.63, 3.8) is 0 Å². The number of hydrogen-bond donors (Lipinski definition) is 1. The molecule has 1 atom stereocenters. The van der Waals surface area contributed by atoms with Gasteiger partial charge in [-0.2, -0.15) is 8.78 Å². The minimum atomic E-state index is -2.83. The van der Waals surface area contributed by atoms with Gasteiger partial charge in [0.1, 0.15) is 5.75 Å². The fourth-order valence-corrected chi connectivity index (χ4v) is 2.13. The zero-order chi connectivity index (χ0) is 13.7. The molecule has 0 bridgehead atoms. The summed E-state index contributed by atoms with van der Waals surface area (Å²) in [5, 5.41) is 9.28. The molecule has 4 nitrogen and oxygen atoms in total. The van der Waals surface area contributed by atoms with Crippen molar-refractivity contribution in [1.29, 1.82) is 0 Å². The van der Waals surface area contributed by atoms with Gasteiger partial charge in [-0.25, -0.2) is 0 Å². The molecule has 19 heavy (non-hydrogen) atoms. The summed E-state index contributed by atoms with van der Waals surface area (Å²) >= 11 is 0. The normalized spacial score (nSPS) is 20.7. The number of nitrogens with zero attached hydrogens (tertiary/aromatic N) is 1. The van der Waals surface area contributed by atoms with E-state index in [4.69, 9.17) is 4.74 Å². The molecule has 2 rings (SSSR count). The van der Waals surface area contributed by atoms with E-state index in [1.165, 1.54) is 6.07 Å². The van der Waals surface area contributed by atoms with Gasteiger partial charge in [0, 0.05) is 18.7 Å². The maximum Gasteiger partial charge on any atom is 0.387 e. The van der Waals surface area contributed by atoms with Crippen molar-refractivity contribution in [2.75, 3.05) is 26.4 Å². The summed E-state index contributed by atoms with van der Waals surface area (Å²) in [7, 11) is 0. The lowest BCUT2D eigenvalue weighted by atomic mass is 10.1. The van der Waals surface area contributed by atoms with E-state index in [2.05, 4.69) is 4.74 Å². The van der Waals surface area contributed by atoms with Crippen LogP contribution in [0.4, 0.5) is 8.78 Å². The summed E-state index contributed by atoms with van der Waals surface area (Å²) in [4.78, 5) is 2.01. The van der Waals surface area contributed by atoms with Crippen LogP contribution in [0.25, 0.3) is 0 Å². The Kier molecular flexibility index (Phi) is 5.07. The van der Waals surface area contributed by atoms with Crippen LogP contribution >= 0.6 is 0 Å². The van der Waals surface area contributed by atoms with Gasteiger partial charge in [-0.3, -0.25) is 4.90 Å². The van der Waals surface area contributed by atoms with E-state index >= 15 is 0 Å². The molecular formula is C13H17F2NO3. The topological polar surface area (TPSA) is 41.9 Å². The molecule has 1 aromatic carbocycles. The quantitative estimate of drug-likeness (QED) is 0.882. The SMILES string of the molecule is OCC1COCCN1Cc1ccccc1OC(F)F. The highest BCUT2D eigenvalue weighted by Gasteiger charge is 2.23. The van der Waals surface area contributed by atoms with Crippen molar-refractivity contribution in [1.82, 2.24) is 4.90 Å². The monoisotopic (exact) mass is 273 g/mol. The van der Waals surface area contributed by atoms with Crippen molar-refractivity contribution >= 4 is 0 Å². The average molecular weight is 273 g/mol. The summed E-state index contributed by atoms with van der Waals surface area (Å²) in [6.45, 7) is -0.703. The average Bonchev–Trinajstić information content (AvgIpc) is 2.41. The number of benzene rings is 1. The lowest BCUT2D eigenvalue weighted by molar-refractivity contribution is -0.0531. The van der Waals surface area contributed by atoms with Crippen LogP contribution in [0.5, 0.6) is 5.75 Å². The summed E-state index contributed by atoms with van der Waals surface area (Å²) in [5.41, 5.74) is 0.683. The third-order valence-corrected chi connectivity index (χ3v) is 3.12. The first kappa shape index (κ1) is 14.2. The van der Waals surface area contributed by atoms with Crippen LogP contribution in [0.1, 0.15) is 5.56 Å². The van der Waals surface area contributed by atoms with Gasteiger partial charge >= 0.3 is 6.61 Å². The van der Waals surface area contributed by atoms with E-state index < -0.39 is 6.61 Å². The van der Waals surface area contributed by atoms with E-state index in [0.717, 1.165) is 0 Å². The third kappa shape index (κ3) is 3.86. The van der Waals surface area contributed by atoms with Crippen LogP contribution in [-0.4, -0.2) is 49.0 Å². The molecule has 0 aliphatic carbocycles. The molecule has 106 valence electrons. The summed E-state index contributed by atoms with van der Waals surface area (Å²) in [5.74, 6) is 0.181. The van der Waals surface area contributed by atoms with Crippen molar-refractivity contribution in [3.05, 3.63) is 29.8 Å². The molecule has 1 unspecified atom stereocenters. The summed E-state index contributed by atoms with van der Waals surface area (Å²) in [6.07, 6.45) is 0. The van der Waals surface area contributed by atoms with E-state index in [1.807, 2.05) is 4.90 Å². The number of halogens is 2. The molecule has 1 heterocycles. The number of alkyl halides is 2. The molecule has 1 saturated heterocycles. The first-order chi connectivity index (χ1) is 9.20. The van der Waals surface area contributed by atoms with Crippen LogP contribution in [-0.2, 0) is 11.3 Å². The molecule has 0 aromatic heterocycles. The molecule has 0 radical (unpaired) electrons. The molecular weight excluding hydrogens is 256 g/mol. The van der Waals surface area contributed by atoms with E-state index in [1.54, 1.807) is 18.2 Å². The Hall–Kier alpha value is -1.24. The van der Waals surface area contributed by atoms with Crippen LogP contribution < -0.4 is 4.74 Å². The van der Waals surface area contributed by atoms with Crippen molar-refractivity contribution < 1.29 is 23.4 Å². The smallest absolute Gasteiger partial charge is 0.387 e. The summed E-state index contributed by atoms with van der Waals surface area (Å²) < 4.78 is 34.4. The third-order valence-electron chi connectivity index (χ3n) is 3.12. The highest BCUT2D eigenvalue weighted by molar-refractivity contribution is 5.33. The summed E-state index contributed by atoms with van der Waals surface area (Å²) in [6, 6.07) is 6.61. The number of ether oxygens (including phenoxy) is 2. The van der Waals surface area contributed by atoms with Crippen LogP contribution in [0.2, 0.25) is 0 Å². The van der Waals surface area contributed by atoms with E-state index in [0.29, 0.717) is 31.9 Å². The number of para-hydroxylation sites is 1. The maximum absolute atomic E-state index is 12.3. The van der Waals surface area contributed by atoms with E-state index in [9.17, 15) is 13.9 Å². The highest BCUT2D eigenvalue weighted by atomic mass is 19.3. The first-order valence-corrected chi connectivity index (χ1v) is 6.16. The Morgan fingerprint density at radius 3 is 2.95 bits per heavy atom. The lowest BCUT2D eigenvalue weighted by Crippen LogP contribution is -2.46. The lowest BCUT2D eigenvalue weighted by Gasteiger charge is -2.34. The zero-order valence-corrected chi connectivity index (χ0v) is 10.5. The van der Waals surface area contributed by atoms with Crippen molar-refractivity contribution in [3.8, 4) is 5.75 Å². The number of aliphatic hydroxyl groups excluding tert-OH is 1. The van der Waals surface area contributed by atoms with Gasteiger partial charge in [-0.15, -0.1) is 0 Å². The van der Waals surface area contributed by atoms with Gasteiger partial charge in [-0.1, -0.05) is 18.2 Å². The second-order valence-corrected chi connectivity index (χ2v) is 4.37. The number of hydrogen-bond acceptors (Lipinski definition) is 4. The largest absolute Gasteiger partial charge is 0.434 e. The van der Waals surface area contributed by atoms with Crippen molar-refractivity contribution in [2.45, 2.75) is 19.2 Å². The Balaban J connectivity index is 2.08. The molecule has 1 aliphatic rings. The molecule has 1 N–H and O–H groups in total. The Morgan fingerprint density at radius 2 is 2.21 bits per heavy atom. The molecule has 1 aliphatic heterocycles. The first-order valence-electron chi connectivity index (χ1n) is 6.16. The standard InChI is InChI=1S/C13H17F2NO3/c14-13(15)19-12-4-2-1-3-10(12)7-16-5-6-18-9-11(16)8-17/h1-4,11,13,17H,5-9H2. The Labute approximate surface area is 110 Å². The second-order valence-electron chi connectivity index (χ2n) is 4.37. The number of aliphatic hydroxyl groups is 1. The van der Waals surface area contributed by atoms with Crippen LogP contribution in [0.15, 0.2) is 24.3 Å². The van der Waals surface area contributed by atoms with Crippen LogP contribution in [0, 0.1) is 0 Å². The minimum absolute atomic E-state index is 0.0160. The fourth-order valence-electron chi connectivity index (χ4n) is 2.13. The molecule has 1 fully saturated rings. The minimum Gasteiger partial charge on any atom is -0.434 e. The second kappa shape index (κ2) is 6.79. The van der Waals surface area contributed by atoms with Gasteiger partial charge in [0.25, 0.3) is 0 Å². The number of rotatable bonds is 5. The molecule has 0 saturated carbocycles. The molecule has 0 amide bonds. The highest BCUT2D eigenvalue weighted by Crippen LogP contribution is 2.23. The zero-order valence-electron chi connectivity index (χ0n) is 10.5. The predicted molar refractivity (Wildman–Crippen MR) is 65.2 cm³/mol. The van der Waals surface area contributed by atoms with Gasteiger partial charge in [0.05, 0.1) is 25.9 Å². The van der Waals surface area contributed by atoms with E-state index in [-0.39, 0.29) is 18.4 Å². The molecule has 6 heteroatoms. The Morgan fingerprint density at radius 1 is 1.42 bits per heavy atom. The van der Waals surface area contributed by atoms with Gasteiger partial charge in [0.2, 0.25) is 0 Å². The predicted octanol–water partition coefficient (Wildman–Crippen LogP) is 1.48. The van der Waals surface area contributed by atoms with Gasteiger partial charge < -0.3 is 14.6 Å². The number of morpholine rings is 1. The van der Waals surface area contributed by atoms with Gasteiger partial charge in [-0.05, 0) is 6.07 Å².